The van der Waals surface area contributed by atoms with Crippen LogP contribution in [0.15, 0.2) is 18.2 Å². The molecular formula is C16H22N2O3. The number of rotatable bonds is 5. The molecule has 0 atom stereocenters. The van der Waals surface area contributed by atoms with Crippen LogP contribution in [0.5, 0.6) is 0 Å². The summed E-state index contributed by atoms with van der Waals surface area (Å²) in [5.74, 6) is -0.975. The molecule has 0 radical (unpaired) electrons. The molecule has 0 saturated carbocycles. The van der Waals surface area contributed by atoms with E-state index in [1.165, 1.54) is 0 Å². The van der Waals surface area contributed by atoms with Crippen LogP contribution >= 0.6 is 0 Å². The molecule has 0 bridgehead atoms. The molecule has 21 heavy (non-hydrogen) atoms. The molecule has 0 saturated heterocycles. The van der Waals surface area contributed by atoms with E-state index in [9.17, 15) is 9.59 Å². The highest BCUT2D eigenvalue weighted by Crippen LogP contribution is 2.28. The number of carboxylic acids is 1. The molecule has 0 spiro atoms. The normalized spacial score (nSPS) is 14.0. The van der Waals surface area contributed by atoms with Gasteiger partial charge in [-0.25, -0.2) is 4.79 Å². The summed E-state index contributed by atoms with van der Waals surface area (Å²) in [4.78, 5) is 25.1. The minimum atomic E-state index is -0.943. The first-order valence-corrected chi connectivity index (χ1v) is 7.24. The van der Waals surface area contributed by atoms with Crippen molar-refractivity contribution < 1.29 is 14.7 Å². The largest absolute Gasteiger partial charge is 0.478 e. The average molecular weight is 290 g/mol. The third kappa shape index (κ3) is 3.54. The number of nitrogens with zero attached hydrogens (tertiary/aromatic N) is 1. The van der Waals surface area contributed by atoms with E-state index < -0.39 is 5.97 Å². The van der Waals surface area contributed by atoms with E-state index in [1.54, 1.807) is 12.1 Å². The van der Waals surface area contributed by atoms with Crippen LogP contribution in [0, 0.1) is 0 Å². The predicted molar refractivity (Wildman–Crippen MR) is 81.8 cm³/mol. The van der Waals surface area contributed by atoms with Crippen molar-refractivity contribution in [1.29, 1.82) is 0 Å². The summed E-state index contributed by atoms with van der Waals surface area (Å²) in [5.41, 5.74) is 2.00. The zero-order valence-corrected chi connectivity index (χ0v) is 12.8. The Balaban J connectivity index is 2.10. The molecule has 0 aliphatic carbocycles. The Kier molecular flexibility index (Phi) is 4.21. The van der Waals surface area contributed by atoms with E-state index in [4.69, 9.17) is 5.11 Å². The molecule has 5 nitrogen and oxygen atoms in total. The lowest BCUT2D eigenvalue weighted by Crippen LogP contribution is -2.47. The van der Waals surface area contributed by atoms with Crippen molar-refractivity contribution in [2.75, 3.05) is 18.0 Å². The monoisotopic (exact) mass is 290 g/mol. The van der Waals surface area contributed by atoms with Crippen LogP contribution in [0.25, 0.3) is 0 Å². The predicted octanol–water partition coefficient (Wildman–Crippen LogP) is 2.05. The van der Waals surface area contributed by atoms with E-state index in [0.29, 0.717) is 0 Å². The van der Waals surface area contributed by atoms with Crippen molar-refractivity contribution in [3.05, 3.63) is 29.3 Å². The SMILES string of the molecule is CCC(C)(C)NC(=O)CN1CCc2ccc(C(=O)O)cc21. The van der Waals surface area contributed by atoms with Crippen LogP contribution < -0.4 is 10.2 Å². The fourth-order valence-corrected chi connectivity index (χ4v) is 2.42. The number of hydrogen-bond donors (Lipinski definition) is 2. The number of benzene rings is 1. The first-order valence-electron chi connectivity index (χ1n) is 7.24. The molecule has 0 aromatic heterocycles. The van der Waals surface area contributed by atoms with Crippen LogP contribution in [-0.2, 0) is 11.2 Å². The Morgan fingerprint density at radius 1 is 1.38 bits per heavy atom. The van der Waals surface area contributed by atoms with Gasteiger partial charge >= 0.3 is 5.97 Å². The van der Waals surface area contributed by atoms with E-state index in [0.717, 1.165) is 30.6 Å². The number of carbonyl (C=O) groups is 2. The van der Waals surface area contributed by atoms with Gasteiger partial charge in [0.15, 0.2) is 0 Å². The highest BCUT2D eigenvalue weighted by atomic mass is 16.4. The molecular weight excluding hydrogens is 268 g/mol. The van der Waals surface area contributed by atoms with Crippen LogP contribution in [0.4, 0.5) is 5.69 Å². The number of carboxylic acid groups (broad SMARTS) is 1. The third-order valence-corrected chi connectivity index (χ3v) is 4.02. The van der Waals surface area contributed by atoms with E-state index >= 15 is 0 Å². The standard InChI is InChI=1S/C16H22N2O3/c1-4-16(2,3)17-14(19)10-18-8-7-11-5-6-12(15(20)21)9-13(11)18/h5-6,9H,4,7-8,10H2,1-3H3,(H,17,19)(H,20,21). The second-order valence-corrected chi connectivity index (χ2v) is 6.11. The van der Waals surface area contributed by atoms with Crippen LogP contribution in [-0.4, -0.2) is 35.6 Å². The molecule has 0 unspecified atom stereocenters. The van der Waals surface area contributed by atoms with Crippen LogP contribution in [0.2, 0.25) is 0 Å². The summed E-state index contributed by atoms with van der Waals surface area (Å²) in [6.45, 7) is 7.03. The fourth-order valence-electron chi connectivity index (χ4n) is 2.42. The maximum absolute atomic E-state index is 12.1. The minimum Gasteiger partial charge on any atom is -0.478 e. The number of fused-ring (bicyclic) bond motifs is 1. The lowest BCUT2D eigenvalue weighted by Gasteiger charge is -2.27. The number of nitrogens with one attached hydrogen (secondary N) is 1. The van der Waals surface area contributed by atoms with Crippen LogP contribution in [0.3, 0.4) is 0 Å². The quantitative estimate of drug-likeness (QED) is 0.871. The molecule has 2 rings (SSSR count). The lowest BCUT2D eigenvalue weighted by molar-refractivity contribution is -0.121. The zero-order valence-electron chi connectivity index (χ0n) is 12.8. The Hall–Kier alpha value is -2.04. The molecule has 1 aromatic carbocycles. The average Bonchev–Trinajstić information content (AvgIpc) is 2.80. The molecule has 114 valence electrons. The van der Waals surface area contributed by atoms with E-state index in [2.05, 4.69) is 5.32 Å². The molecule has 1 aliphatic rings. The third-order valence-electron chi connectivity index (χ3n) is 4.02. The highest BCUT2D eigenvalue weighted by molar-refractivity contribution is 5.90. The minimum absolute atomic E-state index is 0.0320. The van der Waals surface area contributed by atoms with Crippen molar-refractivity contribution in [2.24, 2.45) is 0 Å². The second-order valence-electron chi connectivity index (χ2n) is 6.11. The molecule has 1 aromatic rings. The molecule has 5 heteroatoms. The maximum Gasteiger partial charge on any atom is 0.335 e. The van der Waals surface area contributed by atoms with Gasteiger partial charge < -0.3 is 15.3 Å². The van der Waals surface area contributed by atoms with Crippen molar-refractivity contribution >= 4 is 17.6 Å². The maximum atomic E-state index is 12.1. The van der Waals surface area contributed by atoms with Gasteiger partial charge in [-0.1, -0.05) is 13.0 Å². The number of hydrogen-bond acceptors (Lipinski definition) is 3. The molecule has 0 fully saturated rings. The lowest BCUT2D eigenvalue weighted by atomic mass is 10.0. The van der Waals surface area contributed by atoms with Crippen molar-refractivity contribution in [2.45, 2.75) is 39.2 Å². The summed E-state index contributed by atoms with van der Waals surface area (Å²) in [5, 5.41) is 12.1. The fraction of sp³-hybridized carbons (Fsp3) is 0.500. The summed E-state index contributed by atoms with van der Waals surface area (Å²) in [6, 6.07) is 5.11. The smallest absolute Gasteiger partial charge is 0.335 e. The van der Waals surface area contributed by atoms with E-state index in [-0.39, 0.29) is 23.6 Å². The van der Waals surface area contributed by atoms with Gasteiger partial charge in [-0.2, -0.15) is 0 Å². The summed E-state index contributed by atoms with van der Waals surface area (Å²) < 4.78 is 0. The summed E-state index contributed by atoms with van der Waals surface area (Å²) >= 11 is 0. The molecule has 1 aliphatic heterocycles. The molecule has 1 amide bonds. The number of carbonyl (C=O) groups excluding carboxylic acids is 1. The van der Waals surface area contributed by atoms with Gasteiger partial charge in [0.2, 0.25) is 5.91 Å². The first kappa shape index (κ1) is 15.4. The molecule has 2 N–H and O–H groups in total. The van der Waals surface area contributed by atoms with Crippen molar-refractivity contribution in [3.8, 4) is 0 Å². The van der Waals surface area contributed by atoms with E-state index in [1.807, 2.05) is 31.7 Å². The zero-order chi connectivity index (χ0) is 15.6. The van der Waals surface area contributed by atoms with Crippen molar-refractivity contribution in [1.82, 2.24) is 5.32 Å². The Morgan fingerprint density at radius 2 is 2.10 bits per heavy atom. The topological polar surface area (TPSA) is 69.6 Å². The first-order chi connectivity index (χ1) is 9.82. The van der Waals surface area contributed by atoms with Gasteiger partial charge in [0.05, 0.1) is 12.1 Å². The van der Waals surface area contributed by atoms with Gasteiger partial charge in [-0.05, 0) is 44.4 Å². The van der Waals surface area contributed by atoms with Gasteiger partial charge in [0.1, 0.15) is 0 Å². The van der Waals surface area contributed by atoms with Crippen molar-refractivity contribution in [3.63, 3.8) is 0 Å². The number of aromatic carboxylic acids is 1. The van der Waals surface area contributed by atoms with Gasteiger partial charge in [-0.3, -0.25) is 4.79 Å². The Morgan fingerprint density at radius 3 is 2.71 bits per heavy atom. The summed E-state index contributed by atoms with van der Waals surface area (Å²) in [6.07, 6.45) is 1.71. The van der Waals surface area contributed by atoms with Gasteiger partial charge in [0, 0.05) is 17.8 Å². The Labute approximate surface area is 125 Å². The molecule has 1 heterocycles. The number of amides is 1. The Bertz CT molecular complexity index is 567. The second kappa shape index (κ2) is 5.76. The number of anilines is 1. The van der Waals surface area contributed by atoms with Crippen LogP contribution in [0.1, 0.15) is 43.1 Å². The highest BCUT2D eigenvalue weighted by Gasteiger charge is 2.24. The van der Waals surface area contributed by atoms with Gasteiger partial charge in [0.25, 0.3) is 0 Å². The van der Waals surface area contributed by atoms with Gasteiger partial charge in [-0.15, -0.1) is 0 Å². The summed E-state index contributed by atoms with van der Waals surface area (Å²) in [7, 11) is 0.